The van der Waals surface area contributed by atoms with E-state index in [1.807, 2.05) is 24.3 Å². The summed E-state index contributed by atoms with van der Waals surface area (Å²) in [5.74, 6) is -0.608. The second-order valence-electron chi connectivity index (χ2n) is 6.82. The van der Waals surface area contributed by atoms with Gasteiger partial charge < -0.3 is 10.1 Å². The van der Waals surface area contributed by atoms with Gasteiger partial charge in [-0.05, 0) is 37.0 Å². The minimum absolute atomic E-state index is 0.0765. The van der Waals surface area contributed by atoms with E-state index in [1.54, 1.807) is 0 Å². The number of hydrogen-bond donors (Lipinski definition) is 1. The van der Waals surface area contributed by atoms with Crippen molar-refractivity contribution in [3.8, 4) is 0 Å². The smallest absolute Gasteiger partial charge is 0.325 e. The highest BCUT2D eigenvalue weighted by Gasteiger charge is 2.08. The molecule has 0 unspecified atom stereocenters. The fourth-order valence-electron chi connectivity index (χ4n) is 2.75. The molecule has 4 heteroatoms. The van der Waals surface area contributed by atoms with Gasteiger partial charge >= 0.3 is 5.97 Å². The summed E-state index contributed by atoms with van der Waals surface area (Å²) in [6, 6.07) is 7.57. The van der Waals surface area contributed by atoms with E-state index in [9.17, 15) is 9.59 Å². The van der Waals surface area contributed by atoms with Crippen molar-refractivity contribution in [2.45, 2.75) is 78.1 Å². The second kappa shape index (κ2) is 14.3. The van der Waals surface area contributed by atoms with Crippen molar-refractivity contribution in [3.05, 3.63) is 35.4 Å². The molecule has 26 heavy (non-hydrogen) atoms. The Balaban J connectivity index is 2.13. The summed E-state index contributed by atoms with van der Waals surface area (Å²) in [4.78, 5) is 23.7. The standard InChI is InChI=1S/C22H35NO3/c1-3-5-7-8-9-10-11-17-26-21(24)18-23-22(25)20-15-13-19(14-16-20)12-6-4-2/h13-16H,3-12,17-18H2,1-2H3,(H,23,25). The number of ether oxygens (including phenoxy) is 1. The lowest BCUT2D eigenvalue weighted by atomic mass is 10.1. The lowest BCUT2D eigenvalue weighted by Crippen LogP contribution is -2.30. The molecular formula is C22H35NO3. The first kappa shape index (κ1) is 22.2. The number of aryl methyl sites for hydroxylation is 1. The summed E-state index contributed by atoms with van der Waals surface area (Å²) in [5.41, 5.74) is 1.81. The number of benzene rings is 1. The molecule has 1 N–H and O–H groups in total. The number of carbonyl (C=O) groups excluding carboxylic acids is 2. The summed E-state index contributed by atoms with van der Waals surface area (Å²) in [7, 11) is 0. The second-order valence-corrected chi connectivity index (χ2v) is 6.82. The Bertz CT molecular complexity index is 511. The number of nitrogens with one attached hydrogen (secondary N) is 1. The van der Waals surface area contributed by atoms with Crippen LogP contribution in [0, 0.1) is 0 Å². The molecule has 0 fully saturated rings. The van der Waals surface area contributed by atoms with E-state index < -0.39 is 0 Å². The van der Waals surface area contributed by atoms with Gasteiger partial charge in [0.25, 0.3) is 5.91 Å². The predicted molar refractivity (Wildman–Crippen MR) is 106 cm³/mol. The van der Waals surface area contributed by atoms with Crippen LogP contribution in [0.3, 0.4) is 0 Å². The quantitative estimate of drug-likeness (QED) is 0.372. The number of amides is 1. The summed E-state index contributed by atoms with van der Waals surface area (Å²) in [6.07, 6.45) is 11.6. The lowest BCUT2D eigenvalue weighted by Gasteiger charge is -2.07. The van der Waals surface area contributed by atoms with Gasteiger partial charge in [0.1, 0.15) is 6.54 Å². The third-order valence-corrected chi connectivity index (χ3v) is 4.44. The van der Waals surface area contributed by atoms with Gasteiger partial charge in [-0.3, -0.25) is 9.59 Å². The van der Waals surface area contributed by atoms with Crippen LogP contribution in [0.2, 0.25) is 0 Å². The number of esters is 1. The Labute approximate surface area is 158 Å². The zero-order valence-electron chi connectivity index (χ0n) is 16.5. The van der Waals surface area contributed by atoms with Crippen LogP contribution in [0.4, 0.5) is 0 Å². The van der Waals surface area contributed by atoms with Crippen molar-refractivity contribution in [1.82, 2.24) is 5.32 Å². The zero-order valence-corrected chi connectivity index (χ0v) is 16.5. The molecular weight excluding hydrogens is 326 g/mol. The zero-order chi connectivity index (χ0) is 19.0. The number of rotatable bonds is 14. The highest BCUT2D eigenvalue weighted by atomic mass is 16.5. The Kier molecular flexibility index (Phi) is 12.2. The van der Waals surface area contributed by atoms with Crippen LogP contribution < -0.4 is 5.32 Å². The SMILES string of the molecule is CCCCCCCCCOC(=O)CNC(=O)c1ccc(CCCC)cc1. The summed E-state index contributed by atoms with van der Waals surface area (Å²) in [5, 5.41) is 2.62. The monoisotopic (exact) mass is 361 g/mol. The average Bonchev–Trinajstić information content (AvgIpc) is 2.67. The minimum atomic E-state index is -0.371. The molecule has 0 atom stereocenters. The third kappa shape index (κ3) is 10.2. The molecule has 0 spiro atoms. The molecule has 0 radical (unpaired) electrons. The van der Waals surface area contributed by atoms with Gasteiger partial charge in [0, 0.05) is 5.56 Å². The van der Waals surface area contributed by atoms with Gasteiger partial charge in [-0.1, -0.05) is 70.9 Å². The Morgan fingerprint density at radius 2 is 1.46 bits per heavy atom. The van der Waals surface area contributed by atoms with E-state index in [0.29, 0.717) is 12.2 Å². The molecule has 1 aromatic rings. The molecule has 0 aliphatic rings. The summed E-state index contributed by atoms with van der Waals surface area (Å²) < 4.78 is 5.17. The van der Waals surface area contributed by atoms with Crippen molar-refractivity contribution in [1.29, 1.82) is 0 Å². The fourth-order valence-corrected chi connectivity index (χ4v) is 2.75. The Morgan fingerprint density at radius 3 is 2.12 bits per heavy atom. The third-order valence-electron chi connectivity index (χ3n) is 4.44. The maximum absolute atomic E-state index is 12.1. The maximum Gasteiger partial charge on any atom is 0.325 e. The van der Waals surface area contributed by atoms with Crippen molar-refractivity contribution in [2.24, 2.45) is 0 Å². The van der Waals surface area contributed by atoms with E-state index >= 15 is 0 Å². The van der Waals surface area contributed by atoms with Gasteiger partial charge in [-0.25, -0.2) is 0 Å². The van der Waals surface area contributed by atoms with Crippen LogP contribution in [-0.4, -0.2) is 25.0 Å². The van der Waals surface area contributed by atoms with E-state index in [0.717, 1.165) is 32.1 Å². The van der Waals surface area contributed by atoms with Crippen LogP contribution in [0.1, 0.15) is 87.6 Å². The normalized spacial score (nSPS) is 10.5. The largest absolute Gasteiger partial charge is 0.464 e. The van der Waals surface area contributed by atoms with Gasteiger partial charge in [0.15, 0.2) is 0 Å². The van der Waals surface area contributed by atoms with Gasteiger partial charge in [0.2, 0.25) is 0 Å². The highest BCUT2D eigenvalue weighted by Crippen LogP contribution is 2.08. The molecule has 0 saturated carbocycles. The van der Waals surface area contributed by atoms with Crippen LogP contribution in [0.25, 0.3) is 0 Å². The molecule has 1 rings (SSSR count). The first-order chi connectivity index (χ1) is 12.7. The van der Waals surface area contributed by atoms with Crippen LogP contribution in [0.15, 0.2) is 24.3 Å². The topological polar surface area (TPSA) is 55.4 Å². The molecule has 0 aliphatic heterocycles. The van der Waals surface area contributed by atoms with Gasteiger partial charge in [-0.2, -0.15) is 0 Å². The molecule has 0 saturated heterocycles. The van der Waals surface area contributed by atoms with Gasteiger partial charge in [-0.15, -0.1) is 0 Å². The Morgan fingerprint density at radius 1 is 0.846 bits per heavy atom. The fraction of sp³-hybridized carbons (Fsp3) is 0.636. The molecule has 4 nitrogen and oxygen atoms in total. The molecule has 0 bridgehead atoms. The molecule has 0 aliphatic carbocycles. The molecule has 0 heterocycles. The van der Waals surface area contributed by atoms with Crippen molar-refractivity contribution in [2.75, 3.05) is 13.2 Å². The molecule has 0 aromatic heterocycles. The van der Waals surface area contributed by atoms with Crippen molar-refractivity contribution >= 4 is 11.9 Å². The highest BCUT2D eigenvalue weighted by molar-refractivity contribution is 5.95. The van der Waals surface area contributed by atoms with Crippen LogP contribution in [-0.2, 0) is 16.0 Å². The molecule has 1 aromatic carbocycles. The van der Waals surface area contributed by atoms with Crippen LogP contribution >= 0.6 is 0 Å². The number of carbonyl (C=O) groups is 2. The first-order valence-electron chi connectivity index (χ1n) is 10.2. The number of unbranched alkanes of at least 4 members (excludes halogenated alkanes) is 7. The maximum atomic E-state index is 12.1. The van der Waals surface area contributed by atoms with E-state index in [4.69, 9.17) is 4.74 Å². The molecule has 1 amide bonds. The summed E-state index contributed by atoms with van der Waals surface area (Å²) in [6.45, 7) is 4.73. The van der Waals surface area contributed by atoms with E-state index in [2.05, 4.69) is 19.2 Å². The van der Waals surface area contributed by atoms with E-state index in [1.165, 1.54) is 37.7 Å². The predicted octanol–water partition coefficient (Wildman–Crippen LogP) is 5.05. The average molecular weight is 362 g/mol. The van der Waals surface area contributed by atoms with E-state index in [-0.39, 0.29) is 18.4 Å². The molecule has 146 valence electrons. The first-order valence-corrected chi connectivity index (χ1v) is 10.2. The van der Waals surface area contributed by atoms with Gasteiger partial charge in [0.05, 0.1) is 6.61 Å². The van der Waals surface area contributed by atoms with Crippen molar-refractivity contribution < 1.29 is 14.3 Å². The lowest BCUT2D eigenvalue weighted by molar-refractivity contribution is -0.142. The summed E-state index contributed by atoms with van der Waals surface area (Å²) >= 11 is 0. The number of hydrogen-bond acceptors (Lipinski definition) is 3. The Hall–Kier alpha value is -1.84. The van der Waals surface area contributed by atoms with Crippen molar-refractivity contribution in [3.63, 3.8) is 0 Å². The minimum Gasteiger partial charge on any atom is -0.464 e. The van der Waals surface area contributed by atoms with Crippen LogP contribution in [0.5, 0.6) is 0 Å².